The number of nitrogens with zero attached hydrogens (tertiary/aromatic N) is 3. The van der Waals surface area contributed by atoms with E-state index in [1.54, 1.807) is 31.2 Å². The minimum absolute atomic E-state index is 0.214. The van der Waals surface area contributed by atoms with Crippen molar-refractivity contribution in [3.05, 3.63) is 67.7 Å². The highest BCUT2D eigenvalue weighted by Crippen LogP contribution is 2.23. The number of H-pyrrole nitrogens is 1. The number of nitrogens with one attached hydrogen (secondary N) is 2. The SMILES string of the molecule is CCc1c(C)nc(-n2nc(C)c(C)c2NC(=O)c2ccccc2Cl)[nH]c1=O. The number of carbonyl (C=O) groups excluding carboxylic acids is 1. The van der Waals surface area contributed by atoms with Gasteiger partial charge < -0.3 is 5.32 Å². The zero-order valence-electron chi connectivity index (χ0n) is 15.6. The predicted octanol–water partition coefficient (Wildman–Crippen LogP) is 3.35. The van der Waals surface area contributed by atoms with Crippen molar-refractivity contribution in [3.63, 3.8) is 0 Å². The molecule has 2 N–H and O–H groups in total. The quantitative estimate of drug-likeness (QED) is 0.720. The van der Waals surface area contributed by atoms with Gasteiger partial charge in [0.15, 0.2) is 0 Å². The maximum atomic E-state index is 12.7. The minimum Gasteiger partial charge on any atom is -0.306 e. The topological polar surface area (TPSA) is 92.7 Å². The molecule has 27 heavy (non-hydrogen) atoms. The molecule has 0 atom stereocenters. The molecule has 1 amide bonds. The molecule has 140 valence electrons. The van der Waals surface area contributed by atoms with Crippen molar-refractivity contribution in [1.82, 2.24) is 19.7 Å². The number of hydrogen-bond donors (Lipinski definition) is 2. The van der Waals surface area contributed by atoms with Crippen LogP contribution >= 0.6 is 11.6 Å². The molecule has 0 aliphatic heterocycles. The fourth-order valence-electron chi connectivity index (χ4n) is 2.84. The first kappa shape index (κ1) is 18.8. The summed E-state index contributed by atoms with van der Waals surface area (Å²) in [6.07, 6.45) is 0.585. The smallest absolute Gasteiger partial charge is 0.258 e. The van der Waals surface area contributed by atoms with Crippen LogP contribution in [0, 0.1) is 20.8 Å². The largest absolute Gasteiger partial charge is 0.306 e. The van der Waals surface area contributed by atoms with Crippen LogP contribution in [0.25, 0.3) is 5.95 Å². The Morgan fingerprint density at radius 1 is 1.22 bits per heavy atom. The lowest BCUT2D eigenvalue weighted by atomic mass is 10.2. The van der Waals surface area contributed by atoms with Gasteiger partial charge in [0.25, 0.3) is 11.5 Å². The van der Waals surface area contributed by atoms with Gasteiger partial charge >= 0.3 is 0 Å². The summed E-state index contributed by atoms with van der Waals surface area (Å²) in [4.78, 5) is 32.2. The molecule has 7 nitrogen and oxygen atoms in total. The van der Waals surface area contributed by atoms with Crippen LogP contribution in [0.5, 0.6) is 0 Å². The van der Waals surface area contributed by atoms with E-state index in [-0.39, 0.29) is 17.4 Å². The summed E-state index contributed by atoms with van der Waals surface area (Å²) in [6.45, 7) is 7.34. The number of anilines is 1. The van der Waals surface area contributed by atoms with E-state index in [2.05, 4.69) is 20.4 Å². The molecule has 0 spiro atoms. The van der Waals surface area contributed by atoms with Crippen LogP contribution in [0.2, 0.25) is 5.02 Å². The number of amides is 1. The van der Waals surface area contributed by atoms with Gasteiger partial charge in [-0.25, -0.2) is 4.98 Å². The molecule has 3 aromatic rings. The highest BCUT2D eigenvalue weighted by atomic mass is 35.5. The summed E-state index contributed by atoms with van der Waals surface area (Å²) < 4.78 is 1.44. The molecule has 0 bridgehead atoms. The van der Waals surface area contributed by atoms with E-state index in [0.717, 1.165) is 5.56 Å². The van der Waals surface area contributed by atoms with Crippen molar-refractivity contribution >= 4 is 23.3 Å². The van der Waals surface area contributed by atoms with Crippen LogP contribution in [0.3, 0.4) is 0 Å². The van der Waals surface area contributed by atoms with Crippen molar-refractivity contribution in [1.29, 1.82) is 0 Å². The van der Waals surface area contributed by atoms with Gasteiger partial charge in [0.2, 0.25) is 5.95 Å². The van der Waals surface area contributed by atoms with Gasteiger partial charge in [-0.15, -0.1) is 0 Å². The Kier molecular flexibility index (Phi) is 5.14. The zero-order valence-corrected chi connectivity index (χ0v) is 16.3. The highest BCUT2D eigenvalue weighted by molar-refractivity contribution is 6.34. The fraction of sp³-hybridized carbons (Fsp3) is 0.263. The lowest BCUT2D eigenvalue weighted by Crippen LogP contribution is -2.22. The van der Waals surface area contributed by atoms with Gasteiger partial charge in [0.1, 0.15) is 5.82 Å². The number of aromatic nitrogens is 4. The van der Waals surface area contributed by atoms with Gasteiger partial charge in [-0.1, -0.05) is 30.7 Å². The second-order valence-corrected chi connectivity index (χ2v) is 6.62. The number of aryl methyl sites for hydroxylation is 2. The summed E-state index contributed by atoms with van der Waals surface area (Å²) >= 11 is 6.12. The van der Waals surface area contributed by atoms with E-state index in [1.165, 1.54) is 4.68 Å². The molecular weight excluding hydrogens is 366 g/mol. The summed E-state index contributed by atoms with van der Waals surface area (Å²) in [7, 11) is 0. The molecule has 3 rings (SSSR count). The lowest BCUT2D eigenvalue weighted by Gasteiger charge is -2.11. The molecule has 0 fully saturated rings. The summed E-state index contributed by atoms with van der Waals surface area (Å²) in [5, 5.41) is 7.61. The minimum atomic E-state index is -0.367. The third-order valence-electron chi connectivity index (χ3n) is 4.47. The van der Waals surface area contributed by atoms with Crippen LogP contribution in [0.15, 0.2) is 29.1 Å². The highest BCUT2D eigenvalue weighted by Gasteiger charge is 2.20. The first-order valence-electron chi connectivity index (χ1n) is 8.55. The molecule has 2 aromatic heterocycles. The van der Waals surface area contributed by atoms with Crippen LogP contribution in [-0.2, 0) is 6.42 Å². The van der Waals surface area contributed by atoms with Gasteiger partial charge in [0, 0.05) is 16.8 Å². The molecular formula is C19H20ClN5O2. The van der Waals surface area contributed by atoms with E-state index in [1.807, 2.05) is 20.8 Å². The third kappa shape index (κ3) is 3.50. The average molecular weight is 386 g/mol. The Labute approximate surface area is 161 Å². The normalized spacial score (nSPS) is 10.9. The summed E-state index contributed by atoms with van der Waals surface area (Å²) in [5.74, 6) is 0.318. The molecule has 1 aromatic carbocycles. The van der Waals surface area contributed by atoms with E-state index >= 15 is 0 Å². The molecule has 2 heterocycles. The van der Waals surface area contributed by atoms with E-state index in [4.69, 9.17) is 11.6 Å². The maximum Gasteiger partial charge on any atom is 0.258 e. The first-order chi connectivity index (χ1) is 12.8. The standard InChI is InChI=1S/C19H20ClN5O2/c1-5-13-12(4)21-19(23-17(13)26)25-16(10(2)11(3)24-25)22-18(27)14-8-6-7-9-15(14)20/h6-9H,5H2,1-4H3,(H,22,27)(H,21,23,26). The number of carbonyl (C=O) groups is 1. The monoisotopic (exact) mass is 385 g/mol. The second-order valence-electron chi connectivity index (χ2n) is 6.21. The van der Waals surface area contributed by atoms with Crippen LogP contribution in [-0.4, -0.2) is 25.7 Å². The van der Waals surface area contributed by atoms with Crippen LogP contribution < -0.4 is 10.9 Å². The Balaban J connectivity index is 2.07. The predicted molar refractivity (Wildman–Crippen MR) is 105 cm³/mol. The van der Waals surface area contributed by atoms with E-state index in [0.29, 0.717) is 39.8 Å². The molecule has 0 saturated heterocycles. The van der Waals surface area contributed by atoms with E-state index < -0.39 is 0 Å². The summed E-state index contributed by atoms with van der Waals surface area (Å²) in [5.41, 5.74) is 2.88. The molecule has 0 unspecified atom stereocenters. The maximum absolute atomic E-state index is 12.7. The third-order valence-corrected chi connectivity index (χ3v) is 4.80. The van der Waals surface area contributed by atoms with Crippen molar-refractivity contribution in [2.24, 2.45) is 0 Å². The number of rotatable bonds is 4. The Morgan fingerprint density at radius 3 is 2.56 bits per heavy atom. The molecule has 8 heteroatoms. The Hall–Kier alpha value is -2.93. The second kappa shape index (κ2) is 7.36. The molecule has 0 aliphatic rings. The Morgan fingerprint density at radius 2 is 1.93 bits per heavy atom. The number of hydrogen-bond acceptors (Lipinski definition) is 4. The fourth-order valence-corrected chi connectivity index (χ4v) is 3.06. The number of halogens is 1. The zero-order chi connectivity index (χ0) is 19.7. The number of benzene rings is 1. The number of aromatic amines is 1. The van der Waals surface area contributed by atoms with Gasteiger partial charge in [-0.3, -0.25) is 14.6 Å². The van der Waals surface area contributed by atoms with Crippen molar-refractivity contribution in [2.75, 3.05) is 5.32 Å². The van der Waals surface area contributed by atoms with Gasteiger partial charge in [0.05, 0.1) is 16.3 Å². The van der Waals surface area contributed by atoms with Gasteiger partial charge in [-0.2, -0.15) is 9.78 Å². The summed E-state index contributed by atoms with van der Waals surface area (Å²) in [6, 6.07) is 6.78. The van der Waals surface area contributed by atoms with Crippen LogP contribution in [0.1, 0.15) is 39.8 Å². The Bertz CT molecular complexity index is 1080. The molecule has 0 saturated carbocycles. The van der Waals surface area contributed by atoms with Crippen molar-refractivity contribution in [2.45, 2.75) is 34.1 Å². The van der Waals surface area contributed by atoms with Crippen molar-refractivity contribution < 1.29 is 4.79 Å². The van der Waals surface area contributed by atoms with E-state index in [9.17, 15) is 9.59 Å². The molecule has 0 radical (unpaired) electrons. The first-order valence-corrected chi connectivity index (χ1v) is 8.93. The molecule has 0 aliphatic carbocycles. The van der Waals surface area contributed by atoms with Gasteiger partial charge in [-0.05, 0) is 39.3 Å². The van der Waals surface area contributed by atoms with Crippen LogP contribution in [0.4, 0.5) is 5.82 Å². The van der Waals surface area contributed by atoms with Crippen molar-refractivity contribution in [3.8, 4) is 5.95 Å². The average Bonchev–Trinajstić information content (AvgIpc) is 2.90. The lowest BCUT2D eigenvalue weighted by molar-refractivity contribution is 0.102.